The largest absolute Gasteiger partial charge is 0.0616 e. The molecule has 0 saturated carbocycles. The summed E-state index contributed by atoms with van der Waals surface area (Å²) in [7, 11) is 0. The van der Waals surface area contributed by atoms with Gasteiger partial charge in [0.25, 0.3) is 0 Å². The van der Waals surface area contributed by atoms with Gasteiger partial charge in [0, 0.05) is 0 Å². The van der Waals surface area contributed by atoms with E-state index in [1.165, 1.54) is 54.9 Å². The van der Waals surface area contributed by atoms with Crippen LogP contribution in [0.3, 0.4) is 0 Å². The van der Waals surface area contributed by atoms with Crippen molar-refractivity contribution in [2.45, 2.75) is 0 Å². The van der Waals surface area contributed by atoms with Crippen LogP contribution >= 0.6 is 0 Å². The van der Waals surface area contributed by atoms with Gasteiger partial charge in [-0.2, -0.15) is 0 Å². The molecule has 0 aliphatic heterocycles. The van der Waals surface area contributed by atoms with Gasteiger partial charge in [0.2, 0.25) is 0 Å². The van der Waals surface area contributed by atoms with E-state index in [0.717, 1.165) is 0 Å². The molecule has 6 rings (SSSR count). The molecule has 0 heterocycles. The summed E-state index contributed by atoms with van der Waals surface area (Å²) in [6, 6.07) is 35.3. The topological polar surface area (TPSA) is 0 Å². The monoisotopic (exact) mass is 328 g/mol. The number of benzene rings is 5. The SMILES string of the molecule is c1ccc2c(c1)-c1cccc3ccc(-c4cccc5ccccc45)c-2c13. The summed E-state index contributed by atoms with van der Waals surface area (Å²) < 4.78 is 0. The Bertz CT molecular complexity index is 1320. The first-order valence-corrected chi connectivity index (χ1v) is 9.05. The van der Waals surface area contributed by atoms with E-state index < -0.39 is 0 Å². The minimum atomic E-state index is 1.29. The lowest BCUT2D eigenvalue weighted by Crippen LogP contribution is -1.86. The maximum Gasteiger partial charge on any atom is -0.00141 e. The number of fused-ring (bicyclic) bond motifs is 4. The van der Waals surface area contributed by atoms with Crippen molar-refractivity contribution in [1.82, 2.24) is 0 Å². The number of rotatable bonds is 1. The third kappa shape index (κ3) is 1.74. The van der Waals surface area contributed by atoms with Crippen molar-refractivity contribution in [2.75, 3.05) is 0 Å². The van der Waals surface area contributed by atoms with Crippen LogP contribution in [0.1, 0.15) is 0 Å². The molecule has 0 atom stereocenters. The smallest absolute Gasteiger partial charge is 0.00141 e. The Labute approximate surface area is 152 Å². The summed E-state index contributed by atoms with van der Waals surface area (Å²) in [6.45, 7) is 0. The molecule has 1 aliphatic carbocycles. The molecule has 0 saturated heterocycles. The van der Waals surface area contributed by atoms with Crippen molar-refractivity contribution in [3.63, 3.8) is 0 Å². The Morgan fingerprint density at radius 3 is 1.92 bits per heavy atom. The molecule has 5 aromatic carbocycles. The lowest BCUT2D eigenvalue weighted by Gasteiger charge is -2.13. The summed E-state index contributed by atoms with van der Waals surface area (Å²) >= 11 is 0. The minimum Gasteiger partial charge on any atom is -0.0616 e. The molecule has 0 nitrogen and oxygen atoms in total. The van der Waals surface area contributed by atoms with Crippen molar-refractivity contribution < 1.29 is 0 Å². The Morgan fingerprint density at radius 2 is 1.00 bits per heavy atom. The maximum absolute atomic E-state index is 2.30. The fourth-order valence-electron chi connectivity index (χ4n) is 4.50. The molecule has 5 aromatic rings. The van der Waals surface area contributed by atoms with Gasteiger partial charge in [0.15, 0.2) is 0 Å². The van der Waals surface area contributed by atoms with E-state index in [-0.39, 0.29) is 0 Å². The lowest BCUT2D eigenvalue weighted by atomic mass is 9.90. The van der Waals surface area contributed by atoms with E-state index in [4.69, 9.17) is 0 Å². The molecule has 0 amide bonds. The van der Waals surface area contributed by atoms with Gasteiger partial charge >= 0.3 is 0 Å². The van der Waals surface area contributed by atoms with E-state index >= 15 is 0 Å². The summed E-state index contributed by atoms with van der Waals surface area (Å²) in [4.78, 5) is 0. The zero-order valence-corrected chi connectivity index (χ0v) is 14.2. The van der Waals surface area contributed by atoms with Gasteiger partial charge < -0.3 is 0 Å². The standard InChI is InChI=1S/C26H16/c1-2-10-19-17(7-1)8-5-13-20(19)24-16-15-18-9-6-14-22-21-11-3-4-12-23(21)26(24)25(18)22/h1-16H. The second-order valence-electron chi connectivity index (χ2n) is 6.96. The van der Waals surface area contributed by atoms with E-state index in [1.54, 1.807) is 0 Å². The zero-order valence-electron chi connectivity index (χ0n) is 14.2. The molecule has 26 heavy (non-hydrogen) atoms. The molecule has 0 unspecified atom stereocenters. The van der Waals surface area contributed by atoms with Crippen molar-refractivity contribution in [2.24, 2.45) is 0 Å². The van der Waals surface area contributed by atoms with Crippen LogP contribution in [0.15, 0.2) is 97.1 Å². The fraction of sp³-hybridized carbons (Fsp3) is 0. The highest BCUT2D eigenvalue weighted by Gasteiger charge is 2.24. The Balaban J connectivity index is 1.80. The van der Waals surface area contributed by atoms with E-state index in [9.17, 15) is 0 Å². The molecule has 0 spiro atoms. The number of hydrogen-bond acceptors (Lipinski definition) is 0. The van der Waals surface area contributed by atoms with Crippen molar-refractivity contribution >= 4 is 21.5 Å². The molecule has 120 valence electrons. The first kappa shape index (κ1) is 13.9. The molecule has 0 aromatic heterocycles. The van der Waals surface area contributed by atoms with E-state index in [1.807, 2.05) is 0 Å². The highest BCUT2D eigenvalue weighted by molar-refractivity contribution is 6.20. The van der Waals surface area contributed by atoms with Crippen LogP contribution in [-0.2, 0) is 0 Å². The third-order valence-electron chi connectivity index (χ3n) is 5.61. The van der Waals surface area contributed by atoms with Crippen molar-refractivity contribution in [1.29, 1.82) is 0 Å². The van der Waals surface area contributed by atoms with Gasteiger partial charge in [-0.3, -0.25) is 0 Å². The fourth-order valence-corrected chi connectivity index (χ4v) is 4.50. The van der Waals surface area contributed by atoms with Crippen LogP contribution in [0.2, 0.25) is 0 Å². The van der Waals surface area contributed by atoms with Crippen LogP contribution in [-0.4, -0.2) is 0 Å². The zero-order chi connectivity index (χ0) is 17.1. The Hall–Kier alpha value is -3.38. The second-order valence-corrected chi connectivity index (χ2v) is 6.96. The summed E-state index contributed by atoms with van der Waals surface area (Å²) in [6.07, 6.45) is 0. The normalized spacial score (nSPS) is 11.8. The molecule has 0 fully saturated rings. The van der Waals surface area contributed by atoms with Crippen LogP contribution in [0.25, 0.3) is 54.9 Å². The van der Waals surface area contributed by atoms with Crippen LogP contribution in [0, 0.1) is 0 Å². The van der Waals surface area contributed by atoms with E-state index in [2.05, 4.69) is 97.1 Å². The van der Waals surface area contributed by atoms with Gasteiger partial charge in [0.05, 0.1) is 0 Å². The minimum absolute atomic E-state index is 1.29. The lowest BCUT2D eigenvalue weighted by molar-refractivity contribution is 1.67. The first-order chi connectivity index (χ1) is 12.9. The van der Waals surface area contributed by atoms with Gasteiger partial charge in [-0.25, -0.2) is 0 Å². The second kappa shape index (κ2) is 5.06. The molecular weight excluding hydrogens is 312 g/mol. The summed E-state index contributed by atoms with van der Waals surface area (Å²) in [5, 5.41) is 5.31. The highest BCUT2D eigenvalue weighted by Crippen LogP contribution is 2.51. The molecule has 0 N–H and O–H groups in total. The molecule has 1 aliphatic rings. The average Bonchev–Trinajstić information content (AvgIpc) is 3.05. The highest BCUT2D eigenvalue weighted by atomic mass is 14.3. The van der Waals surface area contributed by atoms with Gasteiger partial charge in [-0.05, 0) is 54.9 Å². The number of hydrogen-bond donors (Lipinski definition) is 0. The molecule has 0 heteroatoms. The van der Waals surface area contributed by atoms with Crippen LogP contribution in [0.5, 0.6) is 0 Å². The Kier molecular flexibility index (Phi) is 2.70. The molecule has 0 radical (unpaired) electrons. The predicted molar refractivity (Wildman–Crippen MR) is 111 cm³/mol. The summed E-state index contributed by atoms with van der Waals surface area (Å²) in [5.74, 6) is 0. The molecule has 0 bridgehead atoms. The van der Waals surface area contributed by atoms with Gasteiger partial charge in [-0.1, -0.05) is 97.1 Å². The maximum atomic E-state index is 2.30. The van der Waals surface area contributed by atoms with Crippen molar-refractivity contribution in [3.8, 4) is 33.4 Å². The third-order valence-corrected chi connectivity index (χ3v) is 5.61. The van der Waals surface area contributed by atoms with E-state index in [0.29, 0.717) is 0 Å². The first-order valence-electron chi connectivity index (χ1n) is 9.05. The Morgan fingerprint density at radius 1 is 0.346 bits per heavy atom. The molecular formula is C26H16. The average molecular weight is 328 g/mol. The van der Waals surface area contributed by atoms with Crippen molar-refractivity contribution in [3.05, 3.63) is 97.1 Å². The quantitative estimate of drug-likeness (QED) is 0.297. The predicted octanol–water partition coefficient (Wildman–Crippen LogP) is 7.31. The van der Waals surface area contributed by atoms with Gasteiger partial charge in [0.1, 0.15) is 0 Å². The van der Waals surface area contributed by atoms with Gasteiger partial charge in [-0.15, -0.1) is 0 Å². The summed E-state index contributed by atoms with van der Waals surface area (Å²) in [5.41, 5.74) is 8.07. The van der Waals surface area contributed by atoms with Crippen LogP contribution < -0.4 is 0 Å². The van der Waals surface area contributed by atoms with Crippen LogP contribution in [0.4, 0.5) is 0 Å².